The van der Waals surface area contributed by atoms with Gasteiger partial charge in [-0.1, -0.05) is 12.1 Å². The molecule has 27 heavy (non-hydrogen) atoms. The lowest BCUT2D eigenvalue weighted by Crippen LogP contribution is -2.51. The molecule has 1 amide bonds. The maximum absolute atomic E-state index is 11.1. The summed E-state index contributed by atoms with van der Waals surface area (Å²) in [5.41, 5.74) is 1.25. The standard InChI is InChI=1S/C20H28BNO5/c1-18(2)19(3,4)27-21(26-18)15-5-6-16-14(13-15)7-8-20(25-16)9-11-22(12-10-20)17(23)24/h5-6,13H,7-12H2,1-4H3,(H,23,24). The van der Waals surface area contributed by atoms with Gasteiger partial charge in [-0.25, -0.2) is 4.79 Å². The van der Waals surface area contributed by atoms with E-state index in [-0.39, 0.29) is 23.9 Å². The van der Waals surface area contributed by atoms with Crippen molar-refractivity contribution in [2.75, 3.05) is 13.1 Å². The quantitative estimate of drug-likeness (QED) is 0.767. The predicted molar refractivity (Wildman–Crippen MR) is 103 cm³/mol. The monoisotopic (exact) mass is 373 g/mol. The maximum Gasteiger partial charge on any atom is 0.494 e. The largest absolute Gasteiger partial charge is 0.494 e. The molecule has 1 aromatic carbocycles. The van der Waals surface area contributed by atoms with Gasteiger partial charge in [0, 0.05) is 25.9 Å². The molecule has 146 valence electrons. The Hall–Kier alpha value is -1.73. The molecule has 4 rings (SSSR count). The molecule has 1 N–H and O–H groups in total. The first-order valence-corrected chi connectivity index (χ1v) is 9.76. The van der Waals surface area contributed by atoms with E-state index in [0.717, 1.165) is 36.9 Å². The first kappa shape index (κ1) is 18.6. The zero-order valence-electron chi connectivity index (χ0n) is 16.6. The number of rotatable bonds is 1. The van der Waals surface area contributed by atoms with Gasteiger partial charge >= 0.3 is 13.2 Å². The molecule has 0 aliphatic carbocycles. The lowest BCUT2D eigenvalue weighted by Gasteiger charge is -2.44. The van der Waals surface area contributed by atoms with E-state index in [1.807, 2.05) is 12.1 Å². The van der Waals surface area contributed by atoms with Gasteiger partial charge < -0.3 is 24.1 Å². The number of piperidine rings is 1. The fourth-order valence-electron chi connectivity index (χ4n) is 4.12. The minimum Gasteiger partial charge on any atom is -0.487 e. The first-order valence-electron chi connectivity index (χ1n) is 9.76. The second kappa shape index (κ2) is 6.14. The van der Waals surface area contributed by atoms with E-state index >= 15 is 0 Å². The molecule has 2 saturated heterocycles. The van der Waals surface area contributed by atoms with Gasteiger partial charge in [-0.3, -0.25) is 0 Å². The zero-order chi connectivity index (χ0) is 19.4. The number of hydrogen-bond acceptors (Lipinski definition) is 4. The number of likely N-dealkylation sites (tertiary alicyclic amines) is 1. The Balaban J connectivity index is 1.49. The van der Waals surface area contributed by atoms with Gasteiger partial charge in [0.25, 0.3) is 0 Å². The normalized spacial score (nSPS) is 25.2. The fourth-order valence-corrected chi connectivity index (χ4v) is 4.12. The van der Waals surface area contributed by atoms with Crippen molar-refractivity contribution in [1.82, 2.24) is 4.90 Å². The number of aryl methyl sites for hydroxylation is 1. The van der Waals surface area contributed by atoms with Gasteiger partial charge in [0.05, 0.1) is 11.2 Å². The molecule has 2 fully saturated rings. The Kier molecular flexibility index (Phi) is 4.24. The van der Waals surface area contributed by atoms with Gasteiger partial charge in [-0.15, -0.1) is 0 Å². The van der Waals surface area contributed by atoms with Crippen LogP contribution < -0.4 is 10.2 Å². The average molecular weight is 373 g/mol. The van der Waals surface area contributed by atoms with Crippen LogP contribution in [-0.2, 0) is 15.7 Å². The highest BCUT2D eigenvalue weighted by Gasteiger charge is 2.52. The summed E-state index contributed by atoms with van der Waals surface area (Å²) in [6.07, 6.45) is 2.50. The molecule has 3 aliphatic rings. The van der Waals surface area contributed by atoms with Crippen molar-refractivity contribution < 1.29 is 23.9 Å². The topological polar surface area (TPSA) is 68.2 Å². The van der Waals surface area contributed by atoms with Gasteiger partial charge in [-0.05, 0) is 57.6 Å². The third-order valence-electron chi connectivity index (χ3n) is 6.73. The molecule has 3 aliphatic heterocycles. The molecular formula is C20H28BNO5. The molecule has 0 unspecified atom stereocenters. The number of benzene rings is 1. The lowest BCUT2D eigenvalue weighted by molar-refractivity contribution is -0.0103. The van der Waals surface area contributed by atoms with E-state index < -0.39 is 6.09 Å². The molecule has 0 atom stereocenters. The summed E-state index contributed by atoms with van der Waals surface area (Å²) < 4.78 is 18.7. The maximum atomic E-state index is 11.1. The second-order valence-electron chi connectivity index (χ2n) is 9.01. The number of ether oxygens (including phenoxy) is 1. The minimum atomic E-state index is -0.840. The lowest BCUT2D eigenvalue weighted by atomic mass is 9.76. The Morgan fingerprint density at radius 2 is 1.70 bits per heavy atom. The van der Waals surface area contributed by atoms with E-state index in [0.29, 0.717) is 13.1 Å². The van der Waals surface area contributed by atoms with Crippen LogP contribution in [-0.4, -0.2) is 53.1 Å². The van der Waals surface area contributed by atoms with Crippen LogP contribution in [0.2, 0.25) is 0 Å². The van der Waals surface area contributed by atoms with E-state index in [1.165, 1.54) is 10.5 Å². The first-order chi connectivity index (χ1) is 12.6. The highest BCUT2D eigenvalue weighted by Crippen LogP contribution is 2.40. The average Bonchev–Trinajstić information content (AvgIpc) is 2.82. The third kappa shape index (κ3) is 3.21. The molecule has 0 radical (unpaired) electrons. The van der Waals surface area contributed by atoms with Crippen molar-refractivity contribution in [3.63, 3.8) is 0 Å². The predicted octanol–water partition coefficient (Wildman–Crippen LogP) is 2.82. The summed E-state index contributed by atoms with van der Waals surface area (Å²) in [5.74, 6) is 0.908. The van der Waals surface area contributed by atoms with Crippen LogP contribution in [0.1, 0.15) is 52.5 Å². The van der Waals surface area contributed by atoms with E-state index in [9.17, 15) is 4.79 Å². The summed E-state index contributed by atoms with van der Waals surface area (Å²) in [6, 6.07) is 6.17. The Bertz CT molecular complexity index is 739. The van der Waals surface area contributed by atoms with Gasteiger partial charge in [0.15, 0.2) is 0 Å². The van der Waals surface area contributed by atoms with Crippen molar-refractivity contribution in [2.45, 2.75) is 70.2 Å². The molecule has 7 heteroatoms. The van der Waals surface area contributed by atoms with Crippen molar-refractivity contribution in [3.05, 3.63) is 23.8 Å². The number of amides is 1. The minimum absolute atomic E-state index is 0.231. The zero-order valence-corrected chi connectivity index (χ0v) is 16.6. The molecule has 3 heterocycles. The SMILES string of the molecule is CC1(C)OB(c2ccc3c(c2)CCC2(CCN(C(=O)O)CC2)O3)OC1(C)C. The molecule has 0 saturated carbocycles. The van der Waals surface area contributed by atoms with Gasteiger partial charge in [-0.2, -0.15) is 0 Å². The number of nitrogens with zero attached hydrogens (tertiary/aromatic N) is 1. The highest BCUT2D eigenvalue weighted by molar-refractivity contribution is 6.62. The molecule has 1 aromatic rings. The van der Waals surface area contributed by atoms with Crippen molar-refractivity contribution in [1.29, 1.82) is 0 Å². The third-order valence-corrected chi connectivity index (χ3v) is 6.73. The van der Waals surface area contributed by atoms with Crippen LogP contribution >= 0.6 is 0 Å². The number of carboxylic acid groups (broad SMARTS) is 1. The molecule has 0 aromatic heterocycles. The van der Waals surface area contributed by atoms with Crippen molar-refractivity contribution in [3.8, 4) is 5.75 Å². The van der Waals surface area contributed by atoms with Crippen LogP contribution in [0.15, 0.2) is 18.2 Å². The smallest absolute Gasteiger partial charge is 0.487 e. The number of carbonyl (C=O) groups is 1. The van der Waals surface area contributed by atoms with Crippen molar-refractivity contribution >= 4 is 18.7 Å². The summed E-state index contributed by atoms with van der Waals surface area (Å²) in [4.78, 5) is 12.6. The summed E-state index contributed by atoms with van der Waals surface area (Å²) in [5, 5.41) is 9.15. The summed E-state index contributed by atoms with van der Waals surface area (Å²) in [6.45, 7) is 9.31. The highest BCUT2D eigenvalue weighted by atomic mass is 16.7. The second-order valence-corrected chi connectivity index (χ2v) is 9.01. The fraction of sp³-hybridized carbons (Fsp3) is 0.650. The van der Waals surface area contributed by atoms with E-state index in [4.69, 9.17) is 19.2 Å². The Morgan fingerprint density at radius 1 is 1.07 bits per heavy atom. The summed E-state index contributed by atoms with van der Waals surface area (Å²) in [7, 11) is -0.366. The number of hydrogen-bond donors (Lipinski definition) is 1. The summed E-state index contributed by atoms with van der Waals surface area (Å²) >= 11 is 0. The van der Waals surface area contributed by atoms with Crippen LogP contribution in [0.5, 0.6) is 5.75 Å². The Labute approximate surface area is 160 Å². The van der Waals surface area contributed by atoms with Gasteiger partial charge in [0.1, 0.15) is 11.4 Å². The van der Waals surface area contributed by atoms with Crippen LogP contribution in [0.4, 0.5) is 4.79 Å². The van der Waals surface area contributed by atoms with Crippen molar-refractivity contribution in [2.24, 2.45) is 0 Å². The molecule has 6 nitrogen and oxygen atoms in total. The molecular weight excluding hydrogens is 345 g/mol. The van der Waals surface area contributed by atoms with Crippen LogP contribution in [0.3, 0.4) is 0 Å². The number of fused-ring (bicyclic) bond motifs is 1. The van der Waals surface area contributed by atoms with E-state index in [1.54, 1.807) is 0 Å². The van der Waals surface area contributed by atoms with E-state index in [2.05, 4.69) is 33.8 Å². The molecule has 0 bridgehead atoms. The van der Waals surface area contributed by atoms with Gasteiger partial charge in [0.2, 0.25) is 0 Å². The van der Waals surface area contributed by atoms with Crippen LogP contribution in [0, 0.1) is 0 Å². The van der Waals surface area contributed by atoms with Crippen LogP contribution in [0.25, 0.3) is 0 Å². The Morgan fingerprint density at radius 3 is 2.30 bits per heavy atom. The molecule has 1 spiro atoms.